The van der Waals surface area contributed by atoms with Gasteiger partial charge in [-0.05, 0) is 57.1 Å². The summed E-state index contributed by atoms with van der Waals surface area (Å²) in [7, 11) is 0. The third-order valence-electron chi connectivity index (χ3n) is 5.73. The Hall–Kier alpha value is -2.11. The summed E-state index contributed by atoms with van der Waals surface area (Å²) in [6, 6.07) is 3.93. The van der Waals surface area contributed by atoms with Gasteiger partial charge in [-0.25, -0.2) is 4.98 Å². The normalized spacial score (nSPS) is 23.6. The van der Waals surface area contributed by atoms with Crippen LogP contribution in [0.3, 0.4) is 0 Å². The number of amides is 2. The van der Waals surface area contributed by atoms with Crippen molar-refractivity contribution in [2.24, 2.45) is 11.8 Å². The standard InChI is InChI=1S/C20H28N4O2/c25-19(16-5-4-12-24(14-16)20(26)15-6-7-15)22-17-8-9-18(21-13-17)23-10-2-1-3-11-23/h8-9,13,15-16H,1-7,10-12,14H2,(H,22,25). The number of likely N-dealkylation sites (tertiary alicyclic amines) is 1. The molecule has 0 radical (unpaired) electrons. The average molecular weight is 356 g/mol. The van der Waals surface area contributed by atoms with E-state index in [0.29, 0.717) is 6.54 Å². The molecule has 3 heterocycles. The maximum absolute atomic E-state index is 12.6. The number of hydrogen-bond acceptors (Lipinski definition) is 4. The second-order valence-electron chi connectivity index (χ2n) is 7.84. The zero-order valence-corrected chi connectivity index (χ0v) is 15.3. The van der Waals surface area contributed by atoms with Crippen molar-refractivity contribution in [3.8, 4) is 0 Å². The predicted molar refractivity (Wildman–Crippen MR) is 101 cm³/mol. The summed E-state index contributed by atoms with van der Waals surface area (Å²) in [5, 5.41) is 2.99. The lowest BCUT2D eigenvalue weighted by molar-refractivity contribution is -0.135. The minimum atomic E-state index is -0.117. The number of aromatic nitrogens is 1. The third-order valence-corrected chi connectivity index (χ3v) is 5.73. The van der Waals surface area contributed by atoms with E-state index in [1.807, 2.05) is 17.0 Å². The molecule has 1 aliphatic carbocycles. The van der Waals surface area contributed by atoms with Gasteiger partial charge >= 0.3 is 0 Å². The second kappa shape index (κ2) is 7.64. The van der Waals surface area contributed by atoms with Crippen LogP contribution in [-0.2, 0) is 9.59 Å². The van der Waals surface area contributed by atoms with E-state index in [1.165, 1.54) is 19.3 Å². The van der Waals surface area contributed by atoms with Gasteiger partial charge in [0.1, 0.15) is 5.82 Å². The van der Waals surface area contributed by atoms with Crippen LogP contribution in [-0.4, -0.2) is 47.9 Å². The Morgan fingerprint density at radius 3 is 2.46 bits per heavy atom. The number of carbonyl (C=O) groups is 2. The van der Waals surface area contributed by atoms with Crippen LogP contribution < -0.4 is 10.2 Å². The van der Waals surface area contributed by atoms with Gasteiger partial charge in [0.05, 0.1) is 17.8 Å². The van der Waals surface area contributed by atoms with Crippen LogP contribution >= 0.6 is 0 Å². The Morgan fingerprint density at radius 1 is 0.962 bits per heavy atom. The molecule has 26 heavy (non-hydrogen) atoms. The monoisotopic (exact) mass is 356 g/mol. The van der Waals surface area contributed by atoms with Crippen molar-refractivity contribution in [1.29, 1.82) is 0 Å². The summed E-state index contributed by atoms with van der Waals surface area (Å²) in [6.45, 7) is 3.48. The lowest BCUT2D eigenvalue weighted by Crippen LogP contribution is -2.44. The fourth-order valence-corrected chi connectivity index (χ4v) is 3.99. The molecule has 1 atom stereocenters. The molecule has 4 rings (SSSR count). The first-order valence-corrected chi connectivity index (χ1v) is 10.0. The van der Waals surface area contributed by atoms with Gasteiger partial charge in [-0.3, -0.25) is 9.59 Å². The molecule has 2 saturated heterocycles. The first-order valence-electron chi connectivity index (χ1n) is 10.0. The van der Waals surface area contributed by atoms with E-state index >= 15 is 0 Å². The molecule has 6 heteroatoms. The van der Waals surface area contributed by atoms with Crippen molar-refractivity contribution in [2.75, 3.05) is 36.4 Å². The number of rotatable bonds is 4. The minimum Gasteiger partial charge on any atom is -0.357 e. The summed E-state index contributed by atoms with van der Waals surface area (Å²) in [5.41, 5.74) is 0.737. The van der Waals surface area contributed by atoms with Crippen molar-refractivity contribution in [3.05, 3.63) is 18.3 Å². The maximum Gasteiger partial charge on any atom is 0.229 e. The molecular weight excluding hydrogens is 328 g/mol. The molecule has 1 saturated carbocycles. The Labute approximate surface area is 155 Å². The molecule has 6 nitrogen and oxygen atoms in total. The number of nitrogens with one attached hydrogen (secondary N) is 1. The number of carbonyl (C=O) groups excluding carboxylic acids is 2. The Kier molecular flexibility index (Phi) is 5.09. The van der Waals surface area contributed by atoms with Crippen LogP contribution in [0, 0.1) is 11.8 Å². The van der Waals surface area contributed by atoms with Crippen LogP contribution in [0.15, 0.2) is 18.3 Å². The Bertz CT molecular complexity index is 650. The minimum absolute atomic E-state index is 0.00539. The molecule has 0 spiro atoms. The second-order valence-corrected chi connectivity index (χ2v) is 7.84. The molecule has 1 unspecified atom stereocenters. The van der Waals surface area contributed by atoms with Gasteiger partial charge in [0.25, 0.3) is 0 Å². The number of anilines is 2. The van der Waals surface area contributed by atoms with Crippen molar-refractivity contribution in [1.82, 2.24) is 9.88 Å². The summed E-state index contributed by atoms with van der Waals surface area (Å²) >= 11 is 0. The summed E-state index contributed by atoms with van der Waals surface area (Å²) in [6.07, 6.45) is 9.27. The van der Waals surface area contributed by atoms with Gasteiger partial charge in [0.15, 0.2) is 0 Å². The van der Waals surface area contributed by atoms with E-state index in [9.17, 15) is 9.59 Å². The van der Waals surface area contributed by atoms with Crippen LogP contribution in [0.2, 0.25) is 0 Å². The highest BCUT2D eigenvalue weighted by Crippen LogP contribution is 2.32. The lowest BCUT2D eigenvalue weighted by Gasteiger charge is -2.32. The predicted octanol–water partition coefficient (Wildman–Crippen LogP) is 2.66. The molecule has 140 valence electrons. The Morgan fingerprint density at radius 2 is 1.77 bits per heavy atom. The molecule has 1 N–H and O–H groups in total. The van der Waals surface area contributed by atoms with Crippen LogP contribution in [0.5, 0.6) is 0 Å². The maximum atomic E-state index is 12.6. The van der Waals surface area contributed by atoms with E-state index < -0.39 is 0 Å². The SMILES string of the molecule is O=C(Nc1ccc(N2CCCCC2)nc1)C1CCCN(C(=O)C2CC2)C1. The molecule has 0 bridgehead atoms. The first-order chi connectivity index (χ1) is 12.7. The van der Waals surface area contributed by atoms with E-state index in [2.05, 4.69) is 15.2 Å². The zero-order valence-electron chi connectivity index (χ0n) is 15.3. The van der Waals surface area contributed by atoms with Crippen LogP contribution in [0.1, 0.15) is 44.9 Å². The number of hydrogen-bond donors (Lipinski definition) is 1. The molecule has 0 aromatic carbocycles. The van der Waals surface area contributed by atoms with Crippen LogP contribution in [0.25, 0.3) is 0 Å². The summed E-state index contributed by atoms with van der Waals surface area (Å²) in [4.78, 5) is 33.6. The van der Waals surface area contributed by atoms with Gasteiger partial charge in [-0.15, -0.1) is 0 Å². The molecule has 2 aliphatic heterocycles. The zero-order chi connectivity index (χ0) is 17.9. The van der Waals surface area contributed by atoms with Gasteiger partial charge in [-0.2, -0.15) is 0 Å². The third kappa shape index (κ3) is 4.00. The van der Waals surface area contributed by atoms with Crippen molar-refractivity contribution in [2.45, 2.75) is 44.9 Å². The summed E-state index contributed by atoms with van der Waals surface area (Å²) < 4.78 is 0. The number of piperidine rings is 2. The van der Waals surface area contributed by atoms with Gasteiger partial charge in [0, 0.05) is 32.1 Å². The van der Waals surface area contributed by atoms with E-state index in [0.717, 1.165) is 56.8 Å². The molecule has 1 aromatic heterocycles. The average Bonchev–Trinajstić information content (AvgIpc) is 3.54. The van der Waals surface area contributed by atoms with Crippen molar-refractivity contribution in [3.63, 3.8) is 0 Å². The molecule has 3 aliphatic rings. The molecule has 3 fully saturated rings. The van der Waals surface area contributed by atoms with Crippen molar-refractivity contribution < 1.29 is 9.59 Å². The quantitative estimate of drug-likeness (QED) is 0.901. The highest BCUT2D eigenvalue weighted by atomic mass is 16.2. The fourth-order valence-electron chi connectivity index (χ4n) is 3.99. The topological polar surface area (TPSA) is 65.5 Å². The Balaban J connectivity index is 1.32. The van der Waals surface area contributed by atoms with E-state index in [4.69, 9.17) is 0 Å². The number of nitrogens with zero attached hydrogens (tertiary/aromatic N) is 3. The molecule has 2 amide bonds. The summed E-state index contributed by atoms with van der Waals surface area (Å²) in [5.74, 6) is 1.35. The van der Waals surface area contributed by atoms with Gasteiger partial charge in [0.2, 0.25) is 11.8 Å². The smallest absolute Gasteiger partial charge is 0.229 e. The van der Waals surface area contributed by atoms with Gasteiger partial charge < -0.3 is 15.1 Å². The lowest BCUT2D eigenvalue weighted by atomic mass is 9.96. The van der Waals surface area contributed by atoms with E-state index in [1.54, 1.807) is 6.20 Å². The largest absolute Gasteiger partial charge is 0.357 e. The highest BCUT2D eigenvalue weighted by Gasteiger charge is 2.36. The van der Waals surface area contributed by atoms with Gasteiger partial charge in [-0.1, -0.05) is 0 Å². The van der Waals surface area contributed by atoms with Crippen molar-refractivity contribution >= 4 is 23.3 Å². The van der Waals surface area contributed by atoms with E-state index in [-0.39, 0.29) is 23.7 Å². The fraction of sp³-hybridized carbons (Fsp3) is 0.650. The molecular formula is C20H28N4O2. The first kappa shape index (κ1) is 17.3. The highest BCUT2D eigenvalue weighted by molar-refractivity contribution is 5.93. The number of pyridine rings is 1. The molecule has 1 aromatic rings. The van der Waals surface area contributed by atoms with Crippen LogP contribution in [0.4, 0.5) is 11.5 Å².